The molecule has 0 radical (unpaired) electrons. The highest BCUT2D eigenvalue weighted by atomic mass is 31.2. The lowest BCUT2D eigenvalue weighted by molar-refractivity contribution is -0.161. The van der Waals surface area contributed by atoms with E-state index in [1.54, 1.807) is 0 Å². The molecule has 0 saturated heterocycles. The Morgan fingerprint density at radius 3 is 0.760 bits per heavy atom. The Morgan fingerprint density at radius 2 is 0.510 bits per heavy atom. The molecule has 17 nitrogen and oxygen atoms in total. The topological polar surface area (TPSA) is 237 Å². The second-order valence-electron chi connectivity index (χ2n) is 30.1. The number of phosphoric ester groups is 2. The number of carbonyl (C=O) groups excluding carboxylic acids is 4. The number of unbranched alkanes of at least 4 members (excludes halogenated alkanes) is 45. The van der Waals surface area contributed by atoms with Crippen LogP contribution in [0.3, 0.4) is 0 Å². The van der Waals surface area contributed by atoms with Crippen LogP contribution in [0.15, 0.2) is 0 Å². The minimum absolute atomic E-state index is 0.105. The standard InChI is InChI=1S/C81H158O17P2/c1-8-11-12-13-14-15-16-17-18-19-20-21-22-23-24-25-26-29-33-43-50-57-64-80(85)97-76(68-91-78(83)62-55-48-41-32-30-27-28-31-38-45-52-59-72(4)5)70-95-99(87,88)93-66-75(82)67-94-100(89,90)96-71-77(98-81(86)65-58-51-44-37-35-40-47-54-61-74(7)10-3)69-92-79(84)63-56-49-42-36-34-39-46-53-60-73(6)9-2/h72-77,82H,8-71H2,1-7H3,(H,87,88)(H,89,90)/t73?,74?,75-,76-,77-/m1/s1. The number of rotatable bonds is 79. The summed E-state index contributed by atoms with van der Waals surface area (Å²) in [5.74, 6) is 0.203. The summed E-state index contributed by atoms with van der Waals surface area (Å²) >= 11 is 0. The van der Waals surface area contributed by atoms with Gasteiger partial charge in [0.2, 0.25) is 0 Å². The van der Waals surface area contributed by atoms with E-state index in [9.17, 15) is 43.2 Å². The van der Waals surface area contributed by atoms with Crippen molar-refractivity contribution >= 4 is 39.5 Å². The Kier molecular flexibility index (Phi) is 69.9. The first-order valence-electron chi connectivity index (χ1n) is 41.9. The third kappa shape index (κ3) is 71.7. The van der Waals surface area contributed by atoms with Crippen molar-refractivity contribution in [2.24, 2.45) is 17.8 Å². The lowest BCUT2D eigenvalue weighted by atomic mass is 9.99. The van der Waals surface area contributed by atoms with E-state index in [-0.39, 0.29) is 25.7 Å². The number of ether oxygens (including phenoxy) is 4. The predicted molar refractivity (Wildman–Crippen MR) is 409 cm³/mol. The first-order valence-corrected chi connectivity index (χ1v) is 44.9. The fourth-order valence-electron chi connectivity index (χ4n) is 12.4. The zero-order chi connectivity index (χ0) is 73.7. The summed E-state index contributed by atoms with van der Waals surface area (Å²) in [4.78, 5) is 73.0. The molecule has 0 heterocycles. The Labute approximate surface area is 613 Å². The van der Waals surface area contributed by atoms with Gasteiger partial charge in [-0.3, -0.25) is 37.3 Å². The largest absolute Gasteiger partial charge is 0.472 e. The molecule has 3 N–H and O–H groups in total. The number of aliphatic hydroxyl groups is 1. The average Bonchev–Trinajstić information content (AvgIpc) is 0.921. The van der Waals surface area contributed by atoms with E-state index < -0.39 is 97.5 Å². The maximum absolute atomic E-state index is 13.1. The van der Waals surface area contributed by atoms with Gasteiger partial charge in [-0.2, -0.15) is 0 Å². The molecule has 0 rings (SSSR count). The van der Waals surface area contributed by atoms with Crippen molar-refractivity contribution in [3.8, 4) is 0 Å². The van der Waals surface area contributed by atoms with Crippen molar-refractivity contribution in [3.05, 3.63) is 0 Å². The van der Waals surface area contributed by atoms with Crippen LogP contribution in [-0.2, 0) is 65.4 Å². The quantitative estimate of drug-likeness (QED) is 0.0222. The molecule has 594 valence electrons. The first-order chi connectivity index (χ1) is 48.3. The van der Waals surface area contributed by atoms with Gasteiger partial charge in [0, 0.05) is 25.7 Å². The zero-order valence-corrected chi connectivity index (χ0v) is 67.5. The van der Waals surface area contributed by atoms with Crippen molar-refractivity contribution in [2.75, 3.05) is 39.6 Å². The van der Waals surface area contributed by atoms with Crippen molar-refractivity contribution in [2.45, 2.75) is 439 Å². The summed E-state index contributed by atoms with van der Waals surface area (Å²) in [5.41, 5.74) is 0. The van der Waals surface area contributed by atoms with Gasteiger partial charge in [0.15, 0.2) is 12.2 Å². The zero-order valence-electron chi connectivity index (χ0n) is 65.7. The van der Waals surface area contributed by atoms with Crippen LogP contribution in [0.5, 0.6) is 0 Å². The highest BCUT2D eigenvalue weighted by Gasteiger charge is 2.30. The molecule has 0 aliphatic carbocycles. The van der Waals surface area contributed by atoms with E-state index >= 15 is 0 Å². The van der Waals surface area contributed by atoms with Crippen LogP contribution in [0, 0.1) is 17.8 Å². The molecule has 100 heavy (non-hydrogen) atoms. The Bertz CT molecular complexity index is 1940. The fraction of sp³-hybridized carbons (Fsp3) is 0.951. The van der Waals surface area contributed by atoms with Crippen molar-refractivity contribution in [3.63, 3.8) is 0 Å². The number of aliphatic hydroxyl groups excluding tert-OH is 1. The van der Waals surface area contributed by atoms with Gasteiger partial charge in [-0.15, -0.1) is 0 Å². The highest BCUT2D eigenvalue weighted by molar-refractivity contribution is 7.47. The number of carbonyl (C=O) groups is 4. The van der Waals surface area contributed by atoms with Gasteiger partial charge in [-0.25, -0.2) is 9.13 Å². The lowest BCUT2D eigenvalue weighted by Gasteiger charge is -2.21. The maximum Gasteiger partial charge on any atom is 0.472 e. The molecular weight excluding hydrogens is 1310 g/mol. The molecule has 0 bridgehead atoms. The highest BCUT2D eigenvalue weighted by Crippen LogP contribution is 2.45. The van der Waals surface area contributed by atoms with Gasteiger partial charge in [0.1, 0.15) is 19.3 Å². The summed E-state index contributed by atoms with van der Waals surface area (Å²) in [6.45, 7) is 11.9. The summed E-state index contributed by atoms with van der Waals surface area (Å²) in [5, 5.41) is 10.6. The minimum Gasteiger partial charge on any atom is -0.462 e. The van der Waals surface area contributed by atoms with E-state index in [2.05, 4.69) is 48.5 Å². The van der Waals surface area contributed by atoms with Crippen LogP contribution in [0.2, 0.25) is 0 Å². The normalized spacial score (nSPS) is 14.5. The molecule has 0 amide bonds. The number of esters is 4. The minimum atomic E-state index is -4.96. The molecule has 0 aliphatic rings. The van der Waals surface area contributed by atoms with Crippen molar-refractivity contribution in [1.29, 1.82) is 0 Å². The van der Waals surface area contributed by atoms with Crippen LogP contribution < -0.4 is 0 Å². The van der Waals surface area contributed by atoms with Gasteiger partial charge in [-0.05, 0) is 43.4 Å². The molecule has 0 aromatic heterocycles. The molecule has 0 saturated carbocycles. The number of hydrogen-bond donors (Lipinski definition) is 3. The Morgan fingerprint density at radius 1 is 0.290 bits per heavy atom. The van der Waals surface area contributed by atoms with Crippen LogP contribution in [0.1, 0.15) is 421 Å². The third-order valence-electron chi connectivity index (χ3n) is 19.6. The van der Waals surface area contributed by atoms with E-state index in [1.807, 2.05) is 0 Å². The predicted octanol–water partition coefficient (Wildman–Crippen LogP) is 24.1. The first kappa shape index (κ1) is 98.1. The van der Waals surface area contributed by atoms with E-state index in [0.717, 1.165) is 108 Å². The number of phosphoric acid groups is 2. The lowest BCUT2D eigenvalue weighted by Crippen LogP contribution is -2.30. The summed E-state index contributed by atoms with van der Waals surface area (Å²) in [6.07, 6.45) is 59.7. The van der Waals surface area contributed by atoms with Crippen LogP contribution in [0.25, 0.3) is 0 Å². The SMILES string of the molecule is CCCCCCCCCCCCCCCCCCCCCCCCC(=O)O[C@H](COC(=O)CCCCCCCCCCCCCC(C)C)COP(=O)(O)OC[C@@H](O)COP(=O)(O)OC[C@@H](COC(=O)CCCCCCCCCCC(C)CC)OC(=O)CCCCCCCCCCC(C)CC. The third-order valence-corrected chi connectivity index (χ3v) is 21.5. The number of hydrogen-bond acceptors (Lipinski definition) is 15. The molecule has 0 aromatic rings. The van der Waals surface area contributed by atoms with Crippen molar-refractivity contribution in [1.82, 2.24) is 0 Å². The van der Waals surface area contributed by atoms with Crippen LogP contribution in [0.4, 0.5) is 0 Å². The van der Waals surface area contributed by atoms with Crippen LogP contribution >= 0.6 is 15.6 Å². The Balaban J connectivity index is 5.22. The second-order valence-corrected chi connectivity index (χ2v) is 33.0. The van der Waals surface area contributed by atoms with Crippen molar-refractivity contribution < 1.29 is 80.2 Å². The van der Waals surface area contributed by atoms with Gasteiger partial charge in [0.05, 0.1) is 26.4 Å². The monoisotopic (exact) mass is 1470 g/mol. The molecule has 0 fully saturated rings. The summed E-state index contributed by atoms with van der Waals surface area (Å²) in [7, 11) is -9.92. The van der Waals surface area contributed by atoms with Gasteiger partial charge in [-0.1, -0.05) is 370 Å². The second kappa shape index (κ2) is 71.3. The van der Waals surface area contributed by atoms with Gasteiger partial charge in [0.25, 0.3) is 0 Å². The molecule has 0 spiro atoms. The van der Waals surface area contributed by atoms with E-state index in [0.29, 0.717) is 25.7 Å². The maximum atomic E-state index is 13.1. The summed E-state index contributed by atoms with van der Waals surface area (Å²) < 4.78 is 68.7. The van der Waals surface area contributed by atoms with Gasteiger partial charge < -0.3 is 33.8 Å². The van der Waals surface area contributed by atoms with Crippen LogP contribution in [-0.4, -0.2) is 96.7 Å². The average molecular weight is 1470 g/mol. The Hall–Kier alpha value is -1.94. The van der Waals surface area contributed by atoms with E-state index in [4.69, 9.17) is 37.0 Å². The smallest absolute Gasteiger partial charge is 0.462 e. The molecule has 19 heteroatoms. The van der Waals surface area contributed by atoms with Gasteiger partial charge >= 0.3 is 39.5 Å². The molecule has 0 aromatic carbocycles. The molecule has 0 aliphatic heterocycles. The molecule has 7 atom stereocenters. The summed E-state index contributed by atoms with van der Waals surface area (Å²) in [6, 6.07) is 0. The molecular formula is C81H158O17P2. The van der Waals surface area contributed by atoms with E-state index in [1.165, 1.54) is 231 Å². The fourth-order valence-corrected chi connectivity index (χ4v) is 14.0. The molecule has 4 unspecified atom stereocenters.